The zero-order valence-electron chi connectivity index (χ0n) is 12.7. The van der Waals surface area contributed by atoms with Crippen molar-refractivity contribution >= 4 is 5.91 Å². The first kappa shape index (κ1) is 15.5. The van der Waals surface area contributed by atoms with Crippen LogP contribution in [0.5, 0.6) is 0 Å². The van der Waals surface area contributed by atoms with E-state index in [2.05, 4.69) is 36.0 Å². The van der Waals surface area contributed by atoms with E-state index >= 15 is 0 Å². The Kier molecular flexibility index (Phi) is 5.35. The predicted octanol–water partition coefficient (Wildman–Crippen LogP) is 1.95. The van der Waals surface area contributed by atoms with Gasteiger partial charge in [-0.15, -0.1) is 0 Å². The van der Waals surface area contributed by atoms with E-state index in [0.717, 1.165) is 18.4 Å². The van der Waals surface area contributed by atoms with Gasteiger partial charge in [0.15, 0.2) is 0 Å². The molecule has 1 fully saturated rings. The van der Waals surface area contributed by atoms with Gasteiger partial charge in [-0.1, -0.05) is 25.7 Å². The summed E-state index contributed by atoms with van der Waals surface area (Å²) in [6.07, 6.45) is 4.97. The zero-order valence-corrected chi connectivity index (χ0v) is 12.7. The van der Waals surface area contributed by atoms with Crippen LogP contribution in [0.25, 0.3) is 0 Å². The molecule has 1 saturated carbocycles. The second-order valence-corrected chi connectivity index (χ2v) is 6.03. The highest BCUT2D eigenvalue weighted by Gasteiger charge is 2.25. The molecule has 1 aliphatic carbocycles. The van der Waals surface area contributed by atoms with Crippen molar-refractivity contribution in [2.45, 2.75) is 39.2 Å². The van der Waals surface area contributed by atoms with Crippen LogP contribution in [0.15, 0.2) is 18.3 Å². The van der Waals surface area contributed by atoms with Crippen molar-refractivity contribution in [3.05, 3.63) is 29.6 Å². The number of amides is 1. The van der Waals surface area contributed by atoms with Crippen LogP contribution < -0.4 is 11.1 Å². The van der Waals surface area contributed by atoms with E-state index in [9.17, 15) is 4.79 Å². The predicted molar refractivity (Wildman–Crippen MR) is 83.6 cm³/mol. The quantitative estimate of drug-likeness (QED) is 0.816. The van der Waals surface area contributed by atoms with E-state index < -0.39 is 0 Å². The van der Waals surface area contributed by atoms with Crippen molar-refractivity contribution < 1.29 is 4.79 Å². The number of nitrogens with two attached hydrogens (primary N) is 1. The van der Waals surface area contributed by atoms with Gasteiger partial charge in [-0.05, 0) is 43.2 Å². The fraction of sp³-hybridized carbons (Fsp3) is 0.529. The van der Waals surface area contributed by atoms with E-state index in [1.165, 1.54) is 6.42 Å². The van der Waals surface area contributed by atoms with Gasteiger partial charge in [-0.3, -0.25) is 4.79 Å². The summed E-state index contributed by atoms with van der Waals surface area (Å²) in [6.45, 7) is 4.82. The Hall–Kier alpha value is -1.86. The first-order chi connectivity index (χ1) is 10.1. The molecular formula is C17H23N3O. The van der Waals surface area contributed by atoms with Gasteiger partial charge in [0.2, 0.25) is 0 Å². The van der Waals surface area contributed by atoms with Crippen LogP contribution in [0.4, 0.5) is 0 Å². The first-order valence-electron chi connectivity index (χ1n) is 7.54. The van der Waals surface area contributed by atoms with Gasteiger partial charge in [0.25, 0.3) is 5.91 Å². The average molecular weight is 285 g/mol. The number of nitrogens with zero attached hydrogens (tertiary/aromatic N) is 1. The van der Waals surface area contributed by atoms with Crippen LogP contribution in [-0.2, 0) is 0 Å². The molecule has 1 amide bonds. The molecule has 4 nitrogen and oxygen atoms in total. The van der Waals surface area contributed by atoms with Crippen LogP contribution >= 0.6 is 0 Å². The van der Waals surface area contributed by atoms with Gasteiger partial charge >= 0.3 is 0 Å². The van der Waals surface area contributed by atoms with Gasteiger partial charge < -0.3 is 11.1 Å². The number of carbonyl (C=O) groups excluding carboxylic acids is 1. The van der Waals surface area contributed by atoms with Gasteiger partial charge in [-0.2, -0.15) is 0 Å². The summed E-state index contributed by atoms with van der Waals surface area (Å²) in [5, 5.41) is 3.10. The lowest BCUT2D eigenvalue weighted by Crippen LogP contribution is -2.40. The molecule has 4 heteroatoms. The maximum Gasteiger partial charge on any atom is 0.270 e. The third-order valence-electron chi connectivity index (χ3n) is 3.84. The lowest BCUT2D eigenvalue weighted by Gasteiger charge is -2.31. The van der Waals surface area contributed by atoms with E-state index in [1.54, 1.807) is 18.3 Å². The molecule has 1 heterocycles. The third-order valence-corrected chi connectivity index (χ3v) is 3.84. The van der Waals surface area contributed by atoms with Crippen LogP contribution in [0, 0.1) is 23.7 Å². The summed E-state index contributed by atoms with van der Waals surface area (Å²) in [6, 6.07) is 3.78. The number of carbonyl (C=O) groups is 1. The maximum atomic E-state index is 12.2. The molecule has 1 aromatic heterocycles. The Morgan fingerprint density at radius 1 is 1.33 bits per heavy atom. The number of hydrogen-bond donors (Lipinski definition) is 2. The molecule has 0 aliphatic heterocycles. The molecule has 0 aromatic carbocycles. The summed E-state index contributed by atoms with van der Waals surface area (Å²) in [7, 11) is 0. The highest BCUT2D eigenvalue weighted by Crippen LogP contribution is 2.28. The summed E-state index contributed by atoms with van der Waals surface area (Å²) < 4.78 is 0. The molecule has 21 heavy (non-hydrogen) atoms. The Balaban J connectivity index is 1.96. The lowest BCUT2D eigenvalue weighted by atomic mass is 9.80. The minimum atomic E-state index is -0.0976. The van der Waals surface area contributed by atoms with E-state index in [4.69, 9.17) is 5.73 Å². The van der Waals surface area contributed by atoms with Gasteiger partial charge in [0, 0.05) is 17.8 Å². The second kappa shape index (κ2) is 7.24. The highest BCUT2D eigenvalue weighted by atomic mass is 16.1. The molecule has 2 atom stereocenters. The average Bonchev–Trinajstić information content (AvgIpc) is 2.44. The second-order valence-electron chi connectivity index (χ2n) is 6.03. The first-order valence-corrected chi connectivity index (χ1v) is 7.54. The van der Waals surface area contributed by atoms with Gasteiger partial charge in [-0.25, -0.2) is 4.98 Å². The maximum absolute atomic E-state index is 12.2. The Morgan fingerprint density at radius 2 is 2.05 bits per heavy atom. The van der Waals surface area contributed by atoms with E-state index in [-0.39, 0.29) is 11.9 Å². The topological polar surface area (TPSA) is 68.0 Å². The van der Waals surface area contributed by atoms with Gasteiger partial charge in [0.1, 0.15) is 5.69 Å². The monoisotopic (exact) mass is 285 g/mol. The van der Waals surface area contributed by atoms with Crippen LogP contribution in [0.2, 0.25) is 0 Å². The fourth-order valence-electron chi connectivity index (χ4n) is 3.08. The minimum absolute atomic E-state index is 0.0976. The standard InChI is InChI=1S/C17H23N3O/c1-12-8-13(2)10-15(9-12)20-17(21)16-6-5-14(11-19-16)4-3-7-18/h5-6,11-13,15H,7-10,18H2,1-2H3,(H,20,21). The summed E-state index contributed by atoms with van der Waals surface area (Å²) in [5.41, 5.74) is 6.54. The van der Waals surface area contributed by atoms with E-state index in [0.29, 0.717) is 24.1 Å². The van der Waals surface area contributed by atoms with Crippen molar-refractivity contribution in [1.29, 1.82) is 0 Å². The van der Waals surface area contributed by atoms with Crippen LogP contribution in [0.3, 0.4) is 0 Å². The number of rotatable bonds is 2. The minimum Gasteiger partial charge on any atom is -0.348 e. The number of aromatic nitrogens is 1. The summed E-state index contributed by atoms with van der Waals surface area (Å²) in [5.74, 6) is 6.90. The highest BCUT2D eigenvalue weighted by molar-refractivity contribution is 5.92. The lowest BCUT2D eigenvalue weighted by molar-refractivity contribution is 0.0906. The van der Waals surface area contributed by atoms with Crippen molar-refractivity contribution in [1.82, 2.24) is 10.3 Å². The molecule has 2 rings (SSSR count). The normalized spacial score (nSPS) is 24.8. The van der Waals surface area contributed by atoms with Crippen molar-refractivity contribution in [3.63, 3.8) is 0 Å². The van der Waals surface area contributed by atoms with Crippen molar-refractivity contribution in [3.8, 4) is 11.8 Å². The molecule has 0 spiro atoms. The molecule has 112 valence electrons. The zero-order chi connectivity index (χ0) is 15.2. The molecule has 0 radical (unpaired) electrons. The third kappa shape index (κ3) is 4.57. The molecular weight excluding hydrogens is 262 g/mol. The molecule has 1 aliphatic rings. The molecule has 2 unspecified atom stereocenters. The SMILES string of the molecule is CC1CC(C)CC(NC(=O)c2ccc(C#CCN)cn2)C1. The summed E-state index contributed by atoms with van der Waals surface area (Å²) >= 11 is 0. The molecule has 0 bridgehead atoms. The molecule has 0 saturated heterocycles. The van der Waals surface area contributed by atoms with Gasteiger partial charge in [0.05, 0.1) is 6.54 Å². The number of pyridine rings is 1. The van der Waals surface area contributed by atoms with Crippen LogP contribution in [0.1, 0.15) is 49.2 Å². The summed E-state index contributed by atoms with van der Waals surface area (Å²) in [4.78, 5) is 16.4. The largest absolute Gasteiger partial charge is 0.348 e. The fourth-order valence-corrected chi connectivity index (χ4v) is 3.08. The Bertz CT molecular complexity index is 531. The smallest absolute Gasteiger partial charge is 0.270 e. The van der Waals surface area contributed by atoms with Crippen molar-refractivity contribution in [2.24, 2.45) is 17.6 Å². The van der Waals surface area contributed by atoms with E-state index in [1.807, 2.05) is 0 Å². The number of hydrogen-bond acceptors (Lipinski definition) is 3. The Labute approximate surface area is 126 Å². The number of nitrogens with one attached hydrogen (secondary N) is 1. The van der Waals surface area contributed by atoms with Crippen LogP contribution in [-0.4, -0.2) is 23.5 Å². The molecule has 1 aromatic rings. The Morgan fingerprint density at radius 3 is 2.62 bits per heavy atom. The molecule has 3 N–H and O–H groups in total. The van der Waals surface area contributed by atoms with Crippen molar-refractivity contribution in [2.75, 3.05) is 6.54 Å².